The second-order valence-electron chi connectivity index (χ2n) is 5.33. The Hall–Kier alpha value is -1.85. The summed E-state index contributed by atoms with van der Waals surface area (Å²) in [5.74, 6) is 0.261. The maximum atomic E-state index is 12.3. The molecule has 0 aromatic heterocycles. The van der Waals surface area contributed by atoms with Crippen molar-refractivity contribution in [2.24, 2.45) is 0 Å². The summed E-state index contributed by atoms with van der Waals surface area (Å²) in [6.07, 6.45) is 2.16. The van der Waals surface area contributed by atoms with Crippen LogP contribution in [-0.2, 0) is 22.9 Å². The zero-order chi connectivity index (χ0) is 14.9. The van der Waals surface area contributed by atoms with Gasteiger partial charge >= 0.3 is 0 Å². The van der Waals surface area contributed by atoms with Crippen LogP contribution in [-0.4, -0.2) is 19.6 Å². The maximum absolute atomic E-state index is 12.3. The van der Waals surface area contributed by atoms with Crippen molar-refractivity contribution in [3.8, 4) is 5.75 Å². The third kappa shape index (κ3) is 3.09. The molecule has 0 bridgehead atoms. The number of benzene rings is 2. The molecule has 1 atom stereocenters. The van der Waals surface area contributed by atoms with E-state index in [2.05, 4.69) is 4.72 Å². The van der Waals surface area contributed by atoms with Crippen molar-refractivity contribution in [1.29, 1.82) is 0 Å². The molecule has 110 valence electrons. The topological polar surface area (TPSA) is 66.4 Å². The zero-order valence-corrected chi connectivity index (χ0v) is 12.3. The Morgan fingerprint density at radius 3 is 2.57 bits per heavy atom. The van der Waals surface area contributed by atoms with E-state index in [0.717, 1.165) is 24.0 Å². The molecule has 1 unspecified atom stereocenters. The Kier molecular flexibility index (Phi) is 3.69. The van der Waals surface area contributed by atoms with Crippen LogP contribution in [0.4, 0.5) is 0 Å². The van der Waals surface area contributed by atoms with Gasteiger partial charge in [0.1, 0.15) is 5.75 Å². The fourth-order valence-electron chi connectivity index (χ4n) is 2.73. The molecule has 0 fully saturated rings. The highest BCUT2D eigenvalue weighted by Gasteiger charge is 2.24. The first kappa shape index (κ1) is 14.1. The molecule has 1 aliphatic carbocycles. The number of aryl methyl sites for hydroxylation is 1. The van der Waals surface area contributed by atoms with Crippen LogP contribution in [0, 0.1) is 0 Å². The standard InChI is InChI=1S/C16H17NO3S/c18-15-9-7-12-10-14(8-6-13(12)11-15)17-21(19,20)16-4-2-1-3-5-16/h1-5,7,9,11,14,17-18H,6,8,10H2. The Balaban J connectivity index is 1.77. The Labute approximate surface area is 124 Å². The molecule has 0 spiro atoms. The van der Waals surface area contributed by atoms with E-state index in [1.165, 1.54) is 0 Å². The number of phenolic OH excluding ortho intramolecular Hbond substituents is 1. The minimum atomic E-state index is -3.47. The van der Waals surface area contributed by atoms with Gasteiger partial charge in [-0.05, 0) is 54.7 Å². The van der Waals surface area contributed by atoms with Gasteiger partial charge in [0, 0.05) is 6.04 Å². The summed E-state index contributed by atoms with van der Waals surface area (Å²) in [6.45, 7) is 0. The van der Waals surface area contributed by atoms with Gasteiger partial charge in [0.25, 0.3) is 0 Å². The average Bonchev–Trinajstić information content (AvgIpc) is 2.48. The molecular weight excluding hydrogens is 286 g/mol. The summed E-state index contributed by atoms with van der Waals surface area (Å²) in [7, 11) is -3.47. The lowest BCUT2D eigenvalue weighted by atomic mass is 9.89. The van der Waals surface area contributed by atoms with E-state index in [-0.39, 0.29) is 11.8 Å². The molecule has 2 N–H and O–H groups in total. The molecule has 2 aromatic carbocycles. The first-order valence-corrected chi connectivity index (χ1v) is 8.41. The molecule has 0 saturated carbocycles. The monoisotopic (exact) mass is 303 g/mol. The predicted molar refractivity (Wildman–Crippen MR) is 80.7 cm³/mol. The number of fused-ring (bicyclic) bond motifs is 1. The molecule has 0 saturated heterocycles. The van der Waals surface area contributed by atoms with E-state index >= 15 is 0 Å². The van der Waals surface area contributed by atoms with Gasteiger partial charge in [-0.2, -0.15) is 0 Å². The first-order valence-electron chi connectivity index (χ1n) is 6.93. The maximum Gasteiger partial charge on any atom is 0.240 e. The van der Waals surface area contributed by atoms with Crippen LogP contribution in [0.25, 0.3) is 0 Å². The summed E-state index contributed by atoms with van der Waals surface area (Å²) >= 11 is 0. The molecule has 0 amide bonds. The number of nitrogens with one attached hydrogen (secondary N) is 1. The van der Waals surface area contributed by atoms with Gasteiger partial charge in [-0.25, -0.2) is 13.1 Å². The first-order chi connectivity index (χ1) is 10.0. The average molecular weight is 303 g/mol. The van der Waals surface area contributed by atoms with E-state index in [4.69, 9.17) is 0 Å². The van der Waals surface area contributed by atoms with Crippen molar-refractivity contribution in [2.45, 2.75) is 30.2 Å². The molecule has 5 heteroatoms. The van der Waals surface area contributed by atoms with Crippen LogP contribution < -0.4 is 4.72 Å². The summed E-state index contributed by atoms with van der Waals surface area (Å²) in [5, 5.41) is 9.48. The van der Waals surface area contributed by atoms with Crippen LogP contribution >= 0.6 is 0 Å². The van der Waals surface area contributed by atoms with E-state index in [1.807, 2.05) is 6.07 Å². The minimum absolute atomic E-state index is 0.104. The van der Waals surface area contributed by atoms with Crippen LogP contribution in [0.15, 0.2) is 53.4 Å². The quantitative estimate of drug-likeness (QED) is 0.914. The smallest absolute Gasteiger partial charge is 0.240 e. The largest absolute Gasteiger partial charge is 0.508 e. The van der Waals surface area contributed by atoms with Crippen molar-refractivity contribution in [2.75, 3.05) is 0 Å². The van der Waals surface area contributed by atoms with E-state index in [1.54, 1.807) is 42.5 Å². The second kappa shape index (κ2) is 5.50. The molecule has 2 aromatic rings. The predicted octanol–water partition coefficient (Wildman–Crippen LogP) is 2.23. The highest BCUT2D eigenvalue weighted by atomic mass is 32.2. The number of hydrogen-bond donors (Lipinski definition) is 2. The van der Waals surface area contributed by atoms with Crippen molar-refractivity contribution >= 4 is 10.0 Å². The number of aromatic hydroxyl groups is 1. The Bertz CT molecular complexity index is 741. The number of phenols is 1. The third-order valence-electron chi connectivity index (χ3n) is 3.79. The molecule has 0 radical (unpaired) electrons. The van der Waals surface area contributed by atoms with Crippen molar-refractivity contribution in [1.82, 2.24) is 4.72 Å². The van der Waals surface area contributed by atoms with Gasteiger partial charge in [0.05, 0.1) is 4.90 Å². The molecule has 3 rings (SSSR count). The van der Waals surface area contributed by atoms with Gasteiger partial charge in [-0.15, -0.1) is 0 Å². The number of rotatable bonds is 3. The lowest BCUT2D eigenvalue weighted by Crippen LogP contribution is -2.38. The van der Waals surface area contributed by atoms with Gasteiger partial charge in [0.2, 0.25) is 10.0 Å². The van der Waals surface area contributed by atoms with Crippen LogP contribution in [0.3, 0.4) is 0 Å². The Morgan fingerprint density at radius 1 is 1.05 bits per heavy atom. The summed E-state index contributed by atoms with van der Waals surface area (Å²) in [4.78, 5) is 0.293. The van der Waals surface area contributed by atoms with Crippen molar-refractivity contribution in [3.63, 3.8) is 0 Å². The van der Waals surface area contributed by atoms with Gasteiger partial charge < -0.3 is 5.11 Å². The lowest BCUT2D eigenvalue weighted by molar-refractivity contribution is 0.469. The lowest BCUT2D eigenvalue weighted by Gasteiger charge is -2.25. The van der Waals surface area contributed by atoms with Crippen LogP contribution in [0.1, 0.15) is 17.5 Å². The normalized spacial score (nSPS) is 18.2. The number of hydrogen-bond acceptors (Lipinski definition) is 3. The zero-order valence-electron chi connectivity index (χ0n) is 11.5. The van der Waals surface area contributed by atoms with E-state index in [0.29, 0.717) is 11.3 Å². The van der Waals surface area contributed by atoms with Gasteiger partial charge in [-0.1, -0.05) is 24.3 Å². The summed E-state index contributed by atoms with van der Waals surface area (Å²) in [6, 6.07) is 13.6. The van der Waals surface area contributed by atoms with E-state index in [9.17, 15) is 13.5 Å². The highest BCUT2D eigenvalue weighted by molar-refractivity contribution is 7.89. The van der Waals surface area contributed by atoms with Gasteiger partial charge in [-0.3, -0.25) is 0 Å². The molecule has 4 nitrogen and oxygen atoms in total. The fourth-order valence-corrected chi connectivity index (χ4v) is 4.02. The molecule has 21 heavy (non-hydrogen) atoms. The molecular formula is C16H17NO3S. The highest BCUT2D eigenvalue weighted by Crippen LogP contribution is 2.25. The summed E-state index contributed by atoms with van der Waals surface area (Å²) in [5.41, 5.74) is 2.20. The molecule has 1 aliphatic rings. The number of sulfonamides is 1. The van der Waals surface area contributed by atoms with Crippen molar-refractivity contribution in [3.05, 3.63) is 59.7 Å². The minimum Gasteiger partial charge on any atom is -0.508 e. The second-order valence-corrected chi connectivity index (χ2v) is 7.04. The fraction of sp³-hybridized carbons (Fsp3) is 0.250. The van der Waals surface area contributed by atoms with Crippen molar-refractivity contribution < 1.29 is 13.5 Å². The van der Waals surface area contributed by atoms with Gasteiger partial charge in [0.15, 0.2) is 0 Å². The third-order valence-corrected chi connectivity index (χ3v) is 5.33. The SMILES string of the molecule is O=S(=O)(NC1CCc2cc(O)ccc2C1)c1ccccc1. The Morgan fingerprint density at radius 2 is 1.81 bits per heavy atom. The summed E-state index contributed by atoms with van der Waals surface area (Å²) < 4.78 is 27.4. The van der Waals surface area contributed by atoms with Crippen LogP contribution in [0.2, 0.25) is 0 Å². The molecule has 0 heterocycles. The molecule has 0 aliphatic heterocycles. The van der Waals surface area contributed by atoms with Crippen LogP contribution in [0.5, 0.6) is 5.75 Å². The van der Waals surface area contributed by atoms with E-state index < -0.39 is 10.0 Å².